The molecule has 0 fully saturated rings. The number of hydrogen-bond acceptors (Lipinski definition) is 5. The highest BCUT2D eigenvalue weighted by Gasteiger charge is 2.31. The van der Waals surface area contributed by atoms with Crippen LogP contribution in [0.1, 0.15) is 18.9 Å². The number of fused-ring (bicyclic) bond motifs is 1. The molecule has 126 valence electrons. The van der Waals surface area contributed by atoms with E-state index in [-0.39, 0.29) is 5.75 Å². The van der Waals surface area contributed by atoms with Crippen LogP contribution < -0.4 is 10.5 Å². The van der Waals surface area contributed by atoms with E-state index in [4.69, 9.17) is 5.73 Å². The molecular weight excluding hydrogens is 321 g/mol. The van der Waals surface area contributed by atoms with Crippen LogP contribution in [0, 0.1) is 0 Å². The molecule has 0 spiro atoms. The number of nitrogens with two attached hydrogens (primary N) is 1. The lowest BCUT2D eigenvalue weighted by atomic mass is 10.0. The summed E-state index contributed by atoms with van der Waals surface area (Å²) in [7, 11) is 0. The fourth-order valence-electron chi connectivity index (χ4n) is 2.50. The van der Waals surface area contributed by atoms with Gasteiger partial charge in [-0.1, -0.05) is 12.1 Å². The summed E-state index contributed by atoms with van der Waals surface area (Å²) in [4.78, 5) is 4.48. The van der Waals surface area contributed by atoms with E-state index in [1.165, 1.54) is 12.1 Å². The molecule has 3 rings (SSSR count). The molecule has 1 aromatic rings. The maximum atomic E-state index is 12.2. The summed E-state index contributed by atoms with van der Waals surface area (Å²) in [5, 5.41) is 5.78. The predicted octanol–water partition coefficient (Wildman–Crippen LogP) is 3.31. The van der Waals surface area contributed by atoms with E-state index in [9.17, 15) is 13.2 Å². The zero-order valence-corrected chi connectivity index (χ0v) is 12.8. The molecule has 0 atom stereocenters. The van der Waals surface area contributed by atoms with Gasteiger partial charge in [0.2, 0.25) is 0 Å². The summed E-state index contributed by atoms with van der Waals surface area (Å²) in [5.74, 6) is 0.901. The van der Waals surface area contributed by atoms with Gasteiger partial charge < -0.3 is 10.5 Å². The Kier molecular flexibility index (Phi) is 4.04. The van der Waals surface area contributed by atoms with E-state index in [0.717, 1.165) is 16.8 Å². The third kappa shape index (κ3) is 3.42. The molecule has 0 radical (unpaired) electrons. The van der Waals surface area contributed by atoms with Gasteiger partial charge >= 0.3 is 6.36 Å². The molecule has 8 heteroatoms. The van der Waals surface area contributed by atoms with Crippen molar-refractivity contribution in [3.8, 4) is 5.75 Å². The Balaban J connectivity index is 1.80. The number of nitrogens with zero attached hydrogens (tertiary/aromatic N) is 3. The average Bonchev–Trinajstić information content (AvgIpc) is 2.51. The van der Waals surface area contributed by atoms with Crippen molar-refractivity contribution in [3.05, 3.63) is 53.1 Å². The van der Waals surface area contributed by atoms with Crippen LogP contribution in [0.4, 0.5) is 13.2 Å². The second kappa shape index (κ2) is 6.03. The molecule has 0 aliphatic carbocycles. The SMILES string of the molecule is CC1=NC2=CCC=NN2C(N)=C1Cc1ccc(OC(F)(F)F)cc1. The molecule has 1 aromatic carbocycles. The van der Waals surface area contributed by atoms with Gasteiger partial charge in [0.25, 0.3) is 0 Å². The molecule has 24 heavy (non-hydrogen) atoms. The third-order valence-electron chi connectivity index (χ3n) is 3.61. The summed E-state index contributed by atoms with van der Waals surface area (Å²) >= 11 is 0. The van der Waals surface area contributed by atoms with Crippen LogP contribution in [0.3, 0.4) is 0 Å². The Morgan fingerprint density at radius 2 is 1.96 bits per heavy atom. The summed E-state index contributed by atoms with van der Waals surface area (Å²) < 4.78 is 40.4. The van der Waals surface area contributed by atoms with Crippen LogP contribution in [-0.4, -0.2) is 23.3 Å². The summed E-state index contributed by atoms with van der Waals surface area (Å²) in [5.41, 5.74) is 8.53. The first-order chi connectivity index (χ1) is 11.3. The van der Waals surface area contributed by atoms with E-state index < -0.39 is 6.36 Å². The highest BCUT2D eigenvalue weighted by Crippen LogP contribution is 2.28. The number of allylic oxidation sites excluding steroid dienone is 2. The zero-order valence-electron chi connectivity index (χ0n) is 12.8. The standard InChI is InChI=1S/C16H15F3N4O/c1-10-13(15(20)23-14(22-10)3-2-8-21-23)9-11-4-6-12(7-5-11)24-16(17,18)19/h3-8H,2,9,20H2,1H3. The lowest BCUT2D eigenvalue weighted by Gasteiger charge is -2.28. The topological polar surface area (TPSA) is 63.2 Å². The van der Waals surface area contributed by atoms with Gasteiger partial charge in [0.05, 0.1) is 0 Å². The lowest BCUT2D eigenvalue weighted by molar-refractivity contribution is -0.274. The van der Waals surface area contributed by atoms with Gasteiger partial charge in [0.15, 0.2) is 5.82 Å². The summed E-state index contributed by atoms with van der Waals surface area (Å²) in [6, 6.07) is 5.69. The number of ether oxygens (including phenoxy) is 1. The van der Waals surface area contributed by atoms with Gasteiger partial charge in [0.1, 0.15) is 11.6 Å². The largest absolute Gasteiger partial charge is 0.573 e. The lowest BCUT2D eigenvalue weighted by Crippen LogP contribution is -2.31. The van der Waals surface area contributed by atoms with Gasteiger partial charge in [-0.2, -0.15) is 10.1 Å². The summed E-state index contributed by atoms with van der Waals surface area (Å²) in [6.07, 6.45) is 0.0889. The molecule has 2 aliphatic heterocycles. The number of benzene rings is 1. The van der Waals surface area contributed by atoms with Gasteiger partial charge in [0, 0.05) is 30.3 Å². The van der Waals surface area contributed by atoms with Gasteiger partial charge in [-0.3, -0.25) is 0 Å². The van der Waals surface area contributed by atoms with Crippen molar-refractivity contribution in [3.63, 3.8) is 0 Å². The first-order valence-electron chi connectivity index (χ1n) is 7.25. The van der Waals surface area contributed by atoms with E-state index >= 15 is 0 Å². The third-order valence-corrected chi connectivity index (χ3v) is 3.61. The Morgan fingerprint density at radius 3 is 2.62 bits per heavy atom. The number of halogens is 3. The van der Waals surface area contributed by atoms with Crippen LogP contribution in [0.15, 0.2) is 57.7 Å². The van der Waals surface area contributed by atoms with Crippen LogP contribution >= 0.6 is 0 Å². The molecule has 2 N–H and O–H groups in total. The van der Waals surface area contributed by atoms with Crippen molar-refractivity contribution in [2.75, 3.05) is 0 Å². The Labute approximate surface area is 136 Å². The van der Waals surface area contributed by atoms with Gasteiger partial charge in [-0.15, -0.1) is 13.2 Å². The van der Waals surface area contributed by atoms with Crippen LogP contribution in [0.25, 0.3) is 0 Å². The highest BCUT2D eigenvalue weighted by molar-refractivity contribution is 6.00. The molecule has 2 heterocycles. The number of hydrazone groups is 1. The van der Waals surface area contributed by atoms with Crippen LogP contribution in [-0.2, 0) is 6.42 Å². The van der Waals surface area contributed by atoms with E-state index in [0.29, 0.717) is 24.5 Å². The number of alkyl halides is 3. The molecule has 0 amide bonds. The van der Waals surface area contributed by atoms with Crippen molar-refractivity contribution >= 4 is 11.9 Å². The van der Waals surface area contributed by atoms with Crippen molar-refractivity contribution in [2.45, 2.75) is 26.1 Å². The average molecular weight is 336 g/mol. The monoisotopic (exact) mass is 336 g/mol. The predicted molar refractivity (Wildman–Crippen MR) is 84.2 cm³/mol. The van der Waals surface area contributed by atoms with Crippen molar-refractivity contribution < 1.29 is 17.9 Å². The van der Waals surface area contributed by atoms with Gasteiger partial charge in [-0.25, -0.2) is 4.99 Å². The van der Waals surface area contributed by atoms with Crippen molar-refractivity contribution in [1.82, 2.24) is 5.01 Å². The smallest absolute Gasteiger partial charge is 0.406 e. The van der Waals surface area contributed by atoms with Crippen molar-refractivity contribution in [1.29, 1.82) is 0 Å². The summed E-state index contributed by atoms with van der Waals surface area (Å²) in [6.45, 7) is 1.85. The molecule has 0 saturated carbocycles. The zero-order chi connectivity index (χ0) is 17.3. The minimum Gasteiger partial charge on any atom is -0.406 e. The maximum absolute atomic E-state index is 12.2. The second-order valence-corrected chi connectivity index (χ2v) is 5.34. The number of aliphatic imine (C=N–C) groups is 1. The molecule has 0 saturated heterocycles. The quantitative estimate of drug-likeness (QED) is 0.921. The first kappa shape index (κ1) is 16.1. The molecule has 0 bridgehead atoms. The fraction of sp³-hybridized carbons (Fsp3) is 0.250. The molecule has 5 nitrogen and oxygen atoms in total. The van der Waals surface area contributed by atoms with Gasteiger partial charge in [-0.05, 0) is 30.7 Å². The maximum Gasteiger partial charge on any atom is 0.573 e. The van der Waals surface area contributed by atoms with E-state index in [1.807, 2.05) is 13.0 Å². The normalized spacial score (nSPS) is 17.4. The first-order valence-corrected chi connectivity index (χ1v) is 7.25. The fourth-order valence-corrected chi connectivity index (χ4v) is 2.50. The molecule has 0 unspecified atom stereocenters. The minimum atomic E-state index is -4.70. The van der Waals surface area contributed by atoms with Crippen LogP contribution in [0.2, 0.25) is 0 Å². The molecule has 2 aliphatic rings. The van der Waals surface area contributed by atoms with Crippen LogP contribution in [0.5, 0.6) is 5.75 Å². The highest BCUT2D eigenvalue weighted by atomic mass is 19.4. The number of hydrogen-bond donors (Lipinski definition) is 1. The second-order valence-electron chi connectivity index (χ2n) is 5.34. The Hall–Kier alpha value is -2.77. The Bertz CT molecular complexity index is 761. The molecule has 0 aromatic heterocycles. The van der Waals surface area contributed by atoms with Crippen molar-refractivity contribution in [2.24, 2.45) is 15.8 Å². The molecular formula is C16H15F3N4O. The minimum absolute atomic E-state index is 0.256. The Morgan fingerprint density at radius 1 is 1.25 bits per heavy atom. The van der Waals surface area contributed by atoms with E-state index in [1.54, 1.807) is 23.4 Å². The van der Waals surface area contributed by atoms with E-state index in [2.05, 4.69) is 14.8 Å². The number of rotatable bonds is 3.